The van der Waals surface area contributed by atoms with Crippen molar-refractivity contribution in [3.8, 4) is 0 Å². The van der Waals surface area contributed by atoms with Crippen molar-refractivity contribution in [3.05, 3.63) is 35.8 Å². The van der Waals surface area contributed by atoms with E-state index in [1.54, 1.807) is 24.2 Å². The monoisotopic (exact) mass is 489 g/mol. The summed E-state index contributed by atoms with van der Waals surface area (Å²) in [5, 5.41) is 0. The fourth-order valence-electron chi connectivity index (χ4n) is 1.80. The van der Waals surface area contributed by atoms with E-state index >= 15 is 0 Å². The molecule has 0 aromatic carbocycles. The number of amides is 2. The van der Waals surface area contributed by atoms with Gasteiger partial charge in [0, 0.05) is 58.5 Å². The zero-order chi connectivity index (χ0) is 21.1. The minimum Gasteiger partial charge on any atom is -0.668 e. The van der Waals surface area contributed by atoms with E-state index in [-0.39, 0.29) is 32.9 Å². The van der Waals surface area contributed by atoms with Crippen molar-refractivity contribution >= 4 is 11.8 Å². The second-order valence-corrected chi connectivity index (χ2v) is 4.95. The molecule has 0 unspecified atom stereocenters. The number of nitrogens with one attached hydrogen (secondary N) is 1. The molecular formula is C19H35N4O4Pd-. The van der Waals surface area contributed by atoms with Crippen molar-refractivity contribution in [2.75, 3.05) is 26.3 Å². The first-order valence-electron chi connectivity index (χ1n) is 9.32. The van der Waals surface area contributed by atoms with E-state index in [0.29, 0.717) is 32.7 Å². The third-order valence-electron chi connectivity index (χ3n) is 3.05. The van der Waals surface area contributed by atoms with Gasteiger partial charge in [0.25, 0.3) is 0 Å². The van der Waals surface area contributed by atoms with Gasteiger partial charge in [0.05, 0.1) is 13.1 Å². The number of nitrogens with two attached hydrogens (primary N) is 1. The van der Waals surface area contributed by atoms with Gasteiger partial charge in [-0.3, -0.25) is 9.78 Å². The maximum Gasteiger partial charge on any atom is 0.236 e. The van der Waals surface area contributed by atoms with Crippen molar-refractivity contribution in [1.82, 2.24) is 9.88 Å². The smallest absolute Gasteiger partial charge is 0.236 e. The molecule has 0 atom stereocenters. The van der Waals surface area contributed by atoms with Crippen LogP contribution in [0.15, 0.2) is 24.5 Å². The van der Waals surface area contributed by atoms with Gasteiger partial charge in [-0.2, -0.15) is 0 Å². The molecule has 0 aliphatic carbocycles. The fourth-order valence-corrected chi connectivity index (χ4v) is 1.80. The van der Waals surface area contributed by atoms with Gasteiger partial charge in [-0.05, 0) is 38.0 Å². The Morgan fingerprint density at radius 3 is 1.96 bits per heavy atom. The van der Waals surface area contributed by atoms with Crippen LogP contribution < -0.4 is 5.73 Å². The quantitative estimate of drug-likeness (QED) is 0.399. The van der Waals surface area contributed by atoms with Crippen molar-refractivity contribution in [1.29, 1.82) is 0 Å². The van der Waals surface area contributed by atoms with E-state index in [0.717, 1.165) is 5.56 Å². The first-order valence-corrected chi connectivity index (χ1v) is 9.32. The summed E-state index contributed by atoms with van der Waals surface area (Å²) in [5.74, 6) is -0.629. The number of hydrogen-bond acceptors (Lipinski definition) is 6. The normalized spacial score (nSPS) is 9.25. The van der Waals surface area contributed by atoms with E-state index in [1.807, 2.05) is 39.8 Å². The van der Waals surface area contributed by atoms with Crippen LogP contribution in [0.3, 0.4) is 0 Å². The maximum atomic E-state index is 11.9. The van der Waals surface area contributed by atoms with Gasteiger partial charge in [0.15, 0.2) is 6.29 Å². The summed E-state index contributed by atoms with van der Waals surface area (Å²) >= 11 is 0. The van der Waals surface area contributed by atoms with Gasteiger partial charge in [-0.1, -0.05) is 20.8 Å². The number of carbonyl (C=O) groups excluding carboxylic acids is 2. The number of carbonyl (C=O) groups is 2. The van der Waals surface area contributed by atoms with E-state index < -0.39 is 12.2 Å². The number of hydrogen-bond donors (Lipinski definition) is 1. The number of aromatic nitrogens is 1. The van der Waals surface area contributed by atoms with Gasteiger partial charge in [-0.25, -0.2) is 0 Å². The zero-order valence-electron chi connectivity index (χ0n) is 17.6. The maximum absolute atomic E-state index is 11.9. The molecule has 166 valence electrons. The van der Waals surface area contributed by atoms with E-state index in [1.165, 1.54) is 0 Å². The molecule has 0 spiro atoms. The Labute approximate surface area is 183 Å². The molecule has 28 heavy (non-hydrogen) atoms. The fraction of sp³-hybridized carbons (Fsp3) is 0.632. The Balaban J connectivity index is -0.000000678. The summed E-state index contributed by atoms with van der Waals surface area (Å²) in [6, 6.07) is 3.74. The van der Waals surface area contributed by atoms with E-state index in [9.17, 15) is 9.59 Å². The van der Waals surface area contributed by atoms with Gasteiger partial charge >= 0.3 is 0 Å². The molecule has 0 saturated carbocycles. The molecule has 0 radical (unpaired) electrons. The second-order valence-electron chi connectivity index (χ2n) is 4.95. The molecule has 0 aliphatic heterocycles. The molecule has 1 aromatic rings. The Hall–Kier alpha value is -1.37. The van der Waals surface area contributed by atoms with Gasteiger partial charge < -0.3 is 30.6 Å². The van der Waals surface area contributed by atoms with Crippen LogP contribution in [-0.4, -0.2) is 54.3 Å². The Morgan fingerprint density at radius 2 is 1.61 bits per heavy atom. The van der Waals surface area contributed by atoms with Crippen LogP contribution in [0.1, 0.15) is 46.6 Å². The van der Waals surface area contributed by atoms with E-state index in [2.05, 4.69) is 4.98 Å². The second kappa shape index (κ2) is 21.9. The minimum absolute atomic E-state index is 0. The Bertz CT molecular complexity index is 486. The molecule has 1 heterocycles. The average Bonchev–Trinajstić information content (AvgIpc) is 2.70. The Kier molecular flexibility index (Phi) is 24.5. The predicted octanol–water partition coefficient (Wildman–Crippen LogP) is 2.77. The summed E-state index contributed by atoms with van der Waals surface area (Å²) in [6.07, 6.45) is 3.30. The van der Waals surface area contributed by atoms with Gasteiger partial charge in [0.1, 0.15) is 0 Å². The average molecular weight is 490 g/mol. The van der Waals surface area contributed by atoms with E-state index in [4.69, 9.17) is 20.9 Å². The SMILES string of the molecule is CC.CCC([NH-])=O.CCOC(CN(Cc1ccncc1)C(=O)CN)OCC.[Pd]. The molecule has 9 heteroatoms. The molecule has 2 amide bonds. The van der Waals surface area contributed by atoms with Crippen LogP contribution in [0.25, 0.3) is 5.73 Å². The van der Waals surface area contributed by atoms with Crippen LogP contribution in [0.5, 0.6) is 0 Å². The minimum atomic E-state index is -0.495. The summed E-state index contributed by atoms with van der Waals surface area (Å²) < 4.78 is 11.0. The van der Waals surface area contributed by atoms with Crippen molar-refractivity contribution in [2.45, 2.75) is 53.9 Å². The standard InChI is InChI=1S/C14H23N3O3.C3H7NO.C2H6.Pd/c1-3-19-14(20-4-2)11-17(13(18)9-15)10-12-5-7-16-8-6-12;1-2-3(4)5;1-2;/h5-8,14H,3-4,9-11,15H2,1-2H3;2H2,1H3,(H2,4,5);1-2H3;/p-1. The number of nitrogens with zero attached hydrogens (tertiary/aromatic N) is 2. The summed E-state index contributed by atoms with van der Waals surface area (Å²) in [4.78, 5) is 27.0. The van der Waals surface area contributed by atoms with Crippen molar-refractivity contribution in [2.24, 2.45) is 5.73 Å². The molecular weight excluding hydrogens is 455 g/mol. The largest absolute Gasteiger partial charge is 0.668 e. The van der Waals surface area contributed by atoms with Crippen LogP contribution >= 0.6 is 0 Å². The number of ether oxygens (including phenoxy) is 2. The molecule has 3 N–H and O–H groups in total. The Morgan fingerprint density at radius 1 is 1.14 bits per heavy atom. The summed E-state index contributed by atoms with van der Waals surface area (Å²) in [5.41, 5.74) is 12.6. The van der Waals surface area contributed by atoms with Crippen molar-refractivity contribution in [3.63, 3.8) is 0 Å². The van der Waals surface area contributed by atoms with Crippen molar-refractivity contribution < 1.29 is 39.5 Å². The van der Waals surface area contributed by atoms with Gasteiger partial charge in [0.2, 0.25) is 5.91 Å². The summed E-state index contributed by atoms with van der Waals surface area (Å²) in [6.45, 7) is 11.3. The number of pyridine rings is 1. The molecule has 0 bridgehead atoms. The molecule has 0 aliphatic rings. The molecule has 8 nitrogen and oxygen atoms in total. The topological polar surface area (TPSA) is 119 Å². The number of rotatable bonds is 10. The van der Waals surface area contributed by atoms with Crippen LogP contribution in [-0.2, 0) is 46.0 Å². The third kappa shape index (κ3) is 16.8. The predicted molar refractivity (Wildman–Crippen MR) is 107 cm³/mol. The van der Waals surface area contributed by atoms with Crippen LogP contribution in [0.4, 0.5) is 0 Å². The first-order chi connectivity index (χ1) is 13.0. The molecule has 0 saturated heterocycles. The molecule has 1 rings (SSSR count). The van der Waals surface area contributed by atoms with Crippen LogP contribution in [0, 0.1) is 0 Å². The summed E-state index contributed by atoms with van der Waals surface area (Å²) in [7, 11) is 0. The van der Waals surface area contributed by atoms with Gasteiger partial charge in [-0.15, -0.1) is 0 Å². The first kappa shape index (κ1) is 31.3. The van der Waals surface area contributed by atoms with Crippen LogP contribution in [0.2, 0.25) is 0 Å². The third-order valence-corrected chi connectivity index (χ3v) is 3.05. The zero-order valence-corrected chi connectivity index (χ0v) is 19.1. The molecule has 1 aromatic heterocycles. The molecule has 0 fully saturated rings.